The maximum absolute atomic E-state index is 13.0. The van der Waals surface area contributed by atoms with Gasteiger partial charge in [0, 0.05) is 12.1 Å². The van der Waals surface area contributed by atoms with Crippen LogP contribution in [0.1, 0.15) is 27.0 Å². The van der Waals surface area contributed by atoms with E-state index in [9.17, 15) is 22.4 Å². The number of halogens is 4. The van der Waals surface area contributed by atoms with Gasteiger partial charge in [-0.2, -0.15) is 18.4 Å². The molecule has 2 aromatic rings. The van der Waals surface area contributed by atoms with Crippen LogP contribution in [0.2, 0.25) is 0 Å². The van der Waals surface area contributed by atoms with E-state index in [1.807, 2.05) is 6.07 Å². The zero-order chi connectivity index (χ0) is 17.0. The Hall–Kier alpha value is -2.88. The van der Waals surface area contributed by atoms with Gasteiger partial charge in [0.05, 0.1) is 17.2 Å². The van der Waals surface area contributed by atoms with Gasteiger partial charge in [-0.1, -0.05) is 6.07 Å². The second kappa shape index (κ2) is 6.48. The lowest BCUT2D eigenvalue weighted by molar-refractivity contribution is -0.138. The van der Waals surface area contributed by atoms with E-state index in [2.05, 4.69) is 5.32 Å². The van der Waals surface area contributed by atoms with Crippen LogP contribution in [0.25, 0.3) is 0 Å². The molecule has 23 heavy (non-hydrogen) atoms. The minimum atomic E-state index is -4.71. The molecule has 1 amide bonds. The van der Waals surface area contributed by atoms with Crippen LogP contribution in [0, 0.1) is 17.1 Å². The number of alkyl halides is 3. The van der Waals surface area contributed by atoms with Gasteiger partial charge in [0.2, 0.25) is 0 Å². The van der Waals surface area contributed by atoms with Crippen molar-refractivity contribution in [3.05, 3.63) is 70.5 Å². The summed E-state index contributed by atoms with van der Waals surface area (Å²) < 4.78 is 51.5. The summed E-state index contributed by atoms with van der Waals surface area (Å²) >= 11 is 0. The third kappa shape index (κ3) is 4.07. The van der Waals surface area contributed by atoms with Crippen LogP contribution >= 0.6 is 0 Å². The molecule has 0 saturated carbocycles. The van der Waals surface area contributed by atoms with Crippen LogP contribution in [-0.2, 0) is 12.7 Å². The molecule has 0 aliphatic rings. The maximum Gasteiger partial charge on any atom is 0.416 e. The highest BCUT2D eigenvalue weighted by Crippen LogP contribution is 2.32. The minimum absolute atomic E-state index is 0.208. The number of benzene rings is 2. The lowest BCUT2D eigenvalue weighted by atomic mass is 10.1. The number of carbonyl (C=O) groups is 1. The second-order valence-corrected chi connectivity index (χ2v) is 4.67. The molecule has 0 atom stereocenters. The molecule has 0 unspecified atom stereocenters. The molecule has 0 spiro atoms. The Bertz CT molecular complexity index is 761. The van der Waals surface area contributed by atoms with Crippen molar-refractivity contribution in [3.8, 4) is 6.07 Å². The van der Waals surface area contributed by atoms with Gasteiger partial charge in [-0.25, -0.2) is 4.39 Å². The molecule has 0 aliphatic carbocycles. The number of hydrogen-bond acceptors (Lipinski definition) is 2. The molecule has 1 N–H and O–H groups in total. The summed E-state index contributed by atoms with van der Waals surface area (Å²) in [6.45, 7) is -0.395. The summed E-state index contributed by atoms with van der Waals surface area (Å²) in [4.78, 5) is 11.9. The zero-order valence-electron chi connectivity index (χ0n) is 11.6. The van der Waals surface area contributed by atoms with Gasteiger partial charge in [0.1, 0.15) is 5.82 Å². The second-order valence-electron chi connectivity index (χ2n) is 4.67. The van der Waals surface area contributed by atoms with Crippen molar-refractivity contribution in [1.82, 2.24) is 5.32 Å². The van der Waals surface area contributed by atoms with Crippen molar-refractivity contribution in [1.29, 1.82) is 5.26 Å². The van der Waals surface area contributed by atoms with E-state index in [-0.39, 0.29) is 11.1 Å². The Balaban J connectivity index is 2.14. The van der Waals surface area contributed by atoms with Crippen molar-refractivity contribution in [3.63, 3.8) is 0 Å². The monoisotopic (exact) mass is 322 g/mol. The molecule has 7 heteroatoms. The summed E-state index contributed by atoms with van der Waals surface area (Å²) in [6.07, 6.45) is -4.71. The summed E-state index contributed by atoms with van der Waals surface area (Å²) in [5, 5.41) is 11.0. The maximum atomic E-state index is 13.0. The van der Waals surface area contributed by atoms with E-state index < -0.39 is 30.0 Å². The molecular weight excluding hydrogens is 312 g/mol. The predicted octanol–water partition coefficient (Wildman–Crippen LogP) is 3.65. The highest BCUT2D eigenvalue weighted by molar-refractivity contribution is 5.94. The lowest BCUT2D eigenvalue weighted by Gasteiger charge is -2.13. The third-order valence-electron chi connectivity index (χ3n) is 3.09. The fraction of sp³-hybridized carbons (Fsp3) is 0.125. The fourth-order valence-corrected chi connectivity index (χ4v) is 1.94. The lowest BCUT2D eigenvalue weighted by Crippen LogP contribution is -2.24. The van der Waals surface area contributed by atoms with E-state index in [0.29, 0.717) is 11.6 Å². The van der Waals surface area contributed by atoms with Crippen molar-refractivity contribution >= 4 is 5.91 Å². The highest BCUT2D eigenvalue weighted by atomic mass is 19.4. The number of nitrogens with zero attached hydrogens (tertiary/aromatic N) is 1. The summed E-state index contributed by atoms with van der Waals surface area (Å²) in [6, 6.07) is 9.80. The first-order valence-corrected chi connectivity index (χ1v) is 6.45. The van der Waals surface area contributed by atoms with Gasteiger partial charge in [-0.15, -0.1) is 0 Å². The number of hydrogen-bond donors (Lipinski definition) is 1. The van der Waals surface area contributed by atoms with Crippen LogP contribution in [0.15, 0.2) is 42.5 Å². The Morgan fingerprint density at radius 3 is 2.35 bits per heavy atom. The molecule has 3 nitrogen and oxygen atoms in total. The minimum Gasteiger partial charge on any atom is -0.348 e. The van der Waals surface area contributed by atoms with E-state index in [0.717, 1.165) is 12.1 Å². The molecule has 0 saturated heterocycles. The molecule has 0 heterocycles. The first-order chi connectivity index (χ1) is 10.8. The molecule has 118 valence electrons. The van der Waals surface area contributed by atoms with E-state index in [4.69, 9.17) is 5.26 Å². The number of rotatable bonds is 3. The summed E-state index contributed by atoms with van der Waals surface area (Å²) in [7, 11) is 0. The van der Waals surface area contributed by atoms with Gasteiger partial charge in [-0.05, 0) is 42.0 Å². The number of nitriles is 1. The SMILES string of the molecule is N#Cc1ccc(C(=O)NCc2ccc(F)cc2C(F)(F)F)cc1. The number of nitrogens with one attached hydrogen (secondary N) is 1. The Kier molecular flexibility index (Phi) is 4.65. The van der Waals surface area contributed by atoms with Gasteiger partial charge < -0.3 is 5.32 Å². The van der Waals surface area contributed by atoms with Crippen molar-refractivity contribution in [2.75, 3.05) is 0 Å². The van der Waals surface area contributed by atoms with Crippen LogP contribution in [0.3, 0.4) is 0 Å². The topological polar surface area (TPSA) is 52.9 Å². The van der Waals surface area contributed by atoms with Crippen LogP contribution in [0.4, 0.5) is 17.6 Å². The predicted molar refractivity (Wildman–Crippen MR) is 73.7 cm³/mol. The third-order valence-corrected chi connectivity index (χ3v) is 3.09. The molecule has 0 bridgehead atoms. The highest BCUT2D eigenvalue weighted by Gasteiger charge is 2.33. The molecular formula is C16H10F4N2O. The van der Waals surface area contributed by atoms with Crippen LogP contribution in [0.5, 0.6) is 0 Å². The largest absolute Gasteiger partial charge is 0.416 e. The van der Waals surface area contributed by atoms with Crippen molar-refractivity contribution < 1.29 is 22.4 Å². The number of carbonyl (C=O) groups excluding carboxylic acids is 1. The average molecular weight is 322 g/mol. The average Bonchev–Trinajstić information content (AvgIpc) is 2.52. The fourth-order valence-electron chi connectivity index (χ4n) is 1.94. The van der Waals surface area contributed by atoms with E-state index in [1.165, 1.54) is 24.3 Å². The molecule has 2 aromatic carbocycles. The van der Waals surface area contributed by atoms with E-state index in [1.54, 1.807) is 0 Å². The molecule has 0 aromatic heterocycles. The first kappa shape index (κ1) is 16.5. The van der Waals surface area contributed by atoms with Crippen LogP contribution < -0.4 is 5.32 Å². The van der Waals surface area contributed by atoms with Crippen LogP contribution in [-0.4, -0.2) is 5.91 Å². The van der Waals surface area contributed by atoms with Gasteiger partial charge in [0.25, 0.3) is 5.91 Å². The number of amides is 1. The normalized spacial score (nSPS) is 10.9. The first-order valence-electron chi connectivity index (χ1n) is 6.45. The van der Waals surface area contributed by atoms with Gasteiger partial charge in [-0.3, -0.25) is 4.79 Å². The summed E-state index contributed by atoms with van der Waals surface area (Å²) in [5.74, 6) is -1.59. The Morgan fingerprint density at radius 2 is 1.78 bits per heavy atom. The zero-order valence-corrected chi connectivity index (χ0v) is 11.6. The van der Waals surface area contributed by atoms with E-state index >= 15 is 0 Å². The van der Waals surface area contributed by atoms with Crippen molar-refractivity contribution in [2.45, 2.75) is 12.7 Å². The Morgan fingerprint density at radius 1 is 1.13 bits per heavy atom. The van der Waals surface area contributed by atoms with Gasteiger partial charge >= 0.3 is 6.18 Å². The Labute approximate surface area is 129 Å². The quantitative estimate of drug-likeness (QED) is 0.877. The van der Waals surface area contributed by atoms with Crippen molar-refractivity contribution in [2.24, 2.45) is 0 Å². The standard InChI is InChI=1S/C16H10F4N2O/c17-13-6-5-12(14(7-13)16(18,19)20)9-22-15(23)11-3-1-10(8-21)2-4-11/h1-7H,9H2,(H,22,23). The molecule has 0 fully saturated rings. The molecule has 0 radical (unpaired) electrons. The smallest absolute Gasteiger partial charge is 0.348 e. The molecule has 2 rings (SSSR count). The van der Waals surface area contributed by atoms with Gasteiger partial charge in [0.15, 0.2) is 0 Å². The molecule has 0 aliphatic heterocycles. The summed E-state index contributed by atoms with van der Waals surface area (Å²) in [5.41, 5.74) is -0.794.